The molecule has 3 fully saturated rings. The van der Waals surface area contributed by atoms with Gasteiger partial charge >= 0.3 is 0 Å². The molecule has 3 saturated heterocycles. The Hall–Kier alpha value is -1.18. The molecule has 2 N–H and O–H groups in total. The number of carbonyl (C=O) groups excluding carboxylic acids is 2. The quantitative estimate of drug-likeness (QED) is 0.751. The second-order valence-corrected chi connectivity index (χ2v) is 8.54. The van der Waals surface area contributed by atoms with Gasteiger partial charge in [-0.2, -0.15) is 0 Å². The third-order valence-corrected chi connectivity index (χ3v) is 6.31. The smallest absolute Gasteiger partial charge is 0.225 e. The molecule has 0 aromatic heterocycles. The van der Waals surface area contributed by atoms with Gasteiger partial charge < -0.3 is 25.0 Å². The first-order valence-corrected chi connectivity index (χ1v) is 10.5. The fraction of sp³-hybridized carbons (Fsp3) is 0.900. The Morgan fingerprint density at radius 3 is 2.44 bits per heavy atom. The van der Waals surface area contributed by atoms with Crippen LogP contribution < -0.4 is 5.32 Å². The first-order valence-electron chi connectivity index (χ1n) is 10.5. The van der Waals surface area contributed by atoms with Crippen molar-refractivity contribution in [3.05, 3.63) is 0 Å². The molecule has 3 rings (SSSR count). The van der Waals surface area contributed by atoms with E-state index in [4.69, 9.17) is 4.74 Å². The van der Waals surface area contributed by atoms with Crippen LogP contribution in [-0.2, 0) is 14.3 Å². The molecule has 0 aliphatic carbocycles. The lowest BCUT2D eigenvalue weighted by Crippen LogP contribution is -2.50. The molecule has 154 valence electrons. The van der Waals surface area contributed by atoms with Gasteiger partial charge in [0.25, 0.3) is 0 Å². The van der Waals surface area contributed by atoms with E-state index in [-0.39, 0.29) is 23.8 Å². The van der Waals surface area contributed by atoms with Gasteiger partial charge in [-0.25, -0.2) is 0 Å². The first-order chi connectivity index (χ1) is 13.0. The van der Waals surface area contributed by atoms with Crippen LogP contribution in [0, 0.1) is 5.92 Å². The van der Waals surface area contributed by atoms with E-state index in [1.807, 2.05) is 4.90 Å². The summed E-state index contributed by atoms with van der Waals surface area (Å²) < 4.78 is 5.37. The highest BCUT2D eigenvalue weighted by Crippen LogP contribution is 2.27. The number of β-amino-alcohol motifs (C(OH)–C–C–N with tert-alkyl or cyclic N) is 1. The third-order valence-electron chi connectivity index (χ3n) is 6.31. The normalized spacial score (nSPS) is 29.3. The van der Waals surface area contributed by atoms with Crippen LogP contribution in [0.5, 0.6) is 0 Å². The molecule has 1 atom stereocenters. The summed E-state index contributed by atoms with van der Waals surface area (Å²) in [5, 5.41) is 14.1. The van der Waals surface area contributed by atoms with E-state index < -0.39 is 5.60 Å². The minimum absolute atomic E-state index is 0.0325. The molecule has 0 spiro atoms. The number of likely N-dealkylation sites (tertiary alicyclic amines) is 2. The van der Waals surface area contributed by atoms with Crippen LogP contribution in [0.3, 0.4) is 0 Å². The SMILES string of the molecule is CC(=O)NC1CCN(C[C@@]2(O)CCCN(C(=O)C3CCOCC3)CC2)CC1. The molecule has 0 aromatic rings. The molecule has 3 aliphatic heterocycles. The summed E-state index contributed by atoms with van der Waals surface area (Å²) >= 11 is 0. The molecule has 3 heterocycles. The van der Waals surface area contributed by atoms with E-state index in [0.29, 0.717) is 32.7 Å². The predicted molar refractivity (Wildman–Crippen MR) is 102 cm³/mol. The summed E-state index contributed by atoms with van der Waals surface area (Å²) in [6, 6.07) is 0.259. The number of ether oxygens (including phenoxy) is 1. The number of piperidine rings is 1. The Bertz CT molecular complexity index is 515. The average molecular weight is 382 g/mol. The van der Waals surface area contributed by atoms with E-state index in [2.05, 4.69) is 10.2 Å². The summed E-state index contributed by atoms with van der Waals surface area (Å²) in [6.07, 6.45) is 5.76. The number of hydrogen-bond acceptors (Lipinski definition) is 5. The monoisotopic (exact) mass is 381 g/mol. The van der Waals surface area contributed by atoms with Crippen molar-refractivity contribution < 1.29 is 19.4 Å². The zero-order chi connectivity index (χ0) is 19.3. The Labute approximate surface area is 162 Å². The molecule has 0 unspecified atom stereocenters. The molecule has 7 heteroatoms. The molecule has 0 aromatic carbocycles. The van der Waals surface area contributed by atoms with Gasteiger partial charge in [-0.15, -0.1) is 0 Å². The maximum atomic E-state index is 12.8. The summed E-state index contributed by atoms with van der Waals surface area (Å²) in [4.78, 5) is 28.3. The fourth-order valence-corrected chi connectivity index (χ4v) is 4.70. The van der Waals surface area contributed by atoms with Gasteiger partial charge in [0.2, 0.25) is 11.8 Å². The van der Waals surface area contributed by atoms with Crippen LogP contribution in [0.4, 0.5) is 0 Å². The van der Waals surface area contributed by atoms with Crippen LogP contribution in [0.1, 0.15) is 51.9 Å². The minimum atomic E-state index is -0.717. The number of aliphatic hydroxyl groups is 1. The zero-order valence-corrected chi connectivity index (χ0v) is 16.6. The maximum absolute atomic E-state index is 12.8. The molecule has 2 amide bonds. The molecule has 27 heavy (non-hydrogen) atoms. The summed E-state index contributed by atoms with van der Waals surface area (Å²) in [7, 11) is 0. The second kappa shape index (κ2) is 9.34. The Balaban J connectivity index is 1.46. The van der Waals surface area contributed by atoms with Crippen LogP contribution in [-0.4, -0.2) is 84.3 Å². The van der Waals surface area contributed by atoms with E-state index in [9.17, 15) is 14.7 Å². The van der Waals surface area contributed by atoms with Crippen LogP contribution in [0.15, 0.2) is 0 Å². The predicted octanol–water partition coefficient (Wildman–Crippen LogP) is 0.757. The van der Waals surface area contributed by atoms with Crippen molar-refractivity contribution in [2.24, 2.45) is 5.92 Å². The topological polar surface area (TPSA) is 82.1 Å². The van der Waals surface area contributed by atoms with Gasteiger partial charge in [0.15, 0.2) is 0 Å². The summed E-state index contributed by atoms with van der Waals surface area (Å²) in [5.41, 5.74) is -0.717. The second-order valence-electron chi connectivity index (χ2n) is 8.54. The Morgan fingerprint density at radius 2 is 1.78 bits per heavy atom. The van der Waals surface area contributed by atoms with Crippen molar-refractivity contribution in [1.82, 2.24) is 15.1 Å². The molecule has 7 nitrogen and oxygen atoms in total. The van der Waals surface area contributed by atoms with Gasteiger partial charge in [0.05, 0.1) is 5.60 Å². The zero-order valence-electron chi connectivity index (χ0n) is 16.6. The highest BCUT2D eigenvalue weighted by atomic mass is 16.5. The van der Waals surface area contributed by atoms with Crippen LogP contribution >= 0.6 is 0 Å². The number of amides is 2. The van der Waals surface area contributed by atoms with Crippen molar-refractivity contribution in [2.75, 3.05) is 45.9 Å². The molecular weight excluding hydrogens is 346 g/mol. The highest BCUT2D eigenvalue weighted by Gasteiger charge is 2.36. The van der Waals surface area contributed by atoms with Gasteiger partial charge in [0, 0.05) is 64.8 Å². The lowest BCUT2D eigenvalue weighted by molar-refractivity contribution is -0.138. The van der Waals surface area contributed by atoms with Crippen LogP contribution in [0.2, 0.25) is 0 Å². The van der Waals surface area contributed by atoms with E-state index in [1.165, 1.54) is 0 Å². The summed E-state index contributed by atoms with van der Waals surface area (Å²) in [5.74, 6) is 0.376. The van der Waals surface area contributed by atoms with Gasteiger partial charge in [-0.3, -0.25) is 9.59 Å². The number of nitrogens with one attached hydrogen (secondary N) is 1. The molecule has 0 radical (unpaired) electrons. The van der Waals surface area contributed by atoms with Gasteiger partial charge in [0.1, 0.15) is 0 Å². The van der Waals surface area contributed by atoms with Crippen molar-refractivity contribution >= 4 is 11.8 Å². The number of rotatable bonds is 4. The fourth-order valence-electron chi connectivity index (χ4n) is 4.70. The van der Waals surface area contributed by atoms with Crippen molar-refractivity contribution in [3.8, 4) is 0 Å². The number of hydrogen-bond donors (Lipinski definition) is 2. The Morgan fingerprint density at radius 1 is 1.07 bits per heavy atom. The molecule has 0 bridgehead atoms. The van der Waals surface area contributed by atoms with Crippen LogP contribution in [0.25, 0.3) is 0 Å². The van der Waals surface area contributed by atoms with E-state index >= 15 is 0 Å². The Kier molecular flexibility index (Phi) is 7.11. The largest absolute Gasteiger partial charge is 0.388 e. The molecular formula is C20H35N3O4. The highest BCUT2D eigenvalue weighted by molar-refractivity contribution is 5.79. The van der Waals surface area contributed by atoms with Crippen molar-refractivity contribution in [2.45, 2.75) is 63.5 Å². The standard InChI is InChI=1S/C20H35N3O4/c1-16(24)21-18-3-10-22(11-4-18)15-20(26)7-2-9-23(12-8-20)19(25)17-5-13-27-14-6-17/h17-18,26H,2-15H2,1H3,(H,21,24)/t20-/m1/s1. The molecule has 0 saturated carbocycles. The van der Waals surface area contributed by atoms with Crippen molar-refractivity contribution in [3.63, 3.8) is 0 Å². The van der Waals surface area contributed by atoms with Gasteiger partial charge in [-0.05, 0) is 44.9 Å². The average Bonchev–Trinajstić information content (AvgIpc) is 2.85. The third kappa shape index (κ3) is 5.90. The number of nitrogens with zero attached hydrogens (tertiary/aromatic N) is 2. The lowest BCUT2D eigenvalue weighted by atomic mass is 9.92. The van der Waals surface area contributed by atoms with E-state index in [1.54, 1.807) is 6.92 Å². The van der Waals surface area contributed by atoms with E-state index in [0.717, 1.165) is 58.2 Å². The number of carbonyl (C=O) groups is 2. The lowest BCUT2D eigenvalue weighted by Gasteiger charge is -2.38. The molecule has 3 aliphatic rings. The maximum Gasteiger partial charge on any atom is 0.225 e. The van der Waals surface area contributed by atoms with Crippen molar-refractivity contribution in [1.29, 1.82) is 0 Å². The van der Waals surface area contributed by atoms with Gasteiger partial charge in [-0.1, -0.05) is 0 Å². The summed E-state index contributed by atoms with van der Waals surface area (Å²) in [6.45, 7) is 6.80. The first kappa shape index (κ1) is 20.6. The minimum Gasteiger partial charge on any atom is -0.388 e.